The van der Waals surface area contributed by atoms with E-state index in [4.69, 9.17) is 10.8 Å². The van der Waals surface area contributed by atoms with E-state index in [1.165, 1.54) is 0 Å². The van der Waals surface area contributed by atoms with Crippen LogP contribution in [0.3, 0.4) is 0 Å². The standard InChI is InChI=1S/C12H15N3O2/c13-11-3-1-2-9(4-11)10-5-14-15(6-10)7-12(17)8-16/h1-6,12,16-17H,7-8,13H2. The molecule has 0 saturated heterocycles. The highest BCUT2D eigenvalue weighted by Crippen LogP contribution is 2.20. The third kappa shape index (κ3) is 2.83. The molecule has 1 unspecified atom stereocenters. The number of nitrogen functional groups attached to an aromatic ring is 1. The molecular weight excluding hydrogens is 218 g/mol. The molecule has 4 N–H and O–H groups in total. The van der Waals surface area contributed by atoms with Gasteiger partial charge in [0.2, 0.25) is 0 Å². The Balaban J connectivity index is 2.18. The van der Waals surface area contributed by atoms with Gasteiger partial charge in [0.05, 0.1) is 25.5 Å². The van der Waals surface area contributed by atoms with Crippen LogP contribution in [0.25, 0.3) is 11.1 Å². The molecule has 1 atom stereocenters. The maximum Gasteiger partial charge on any atom is 0.0966 e. The number of hydrogen-bond acceptors (Lipinski definition) is 4. The van der Waals surface area contributed by atoms with Crippen molar-refractivity contribution in [3.63, 3.8) is 0 Å². The molecule has 0 spiro atoms. The fourth-order valence-electron chi connectivity index (χ4n) is 1.60. The summed E-state index contributed by atoms with van der Waals surface area (Å²) in [5.41, 5.74) is 8.32. The zero-order valence-electron chi connectivity index (χ0n) is 9.32. The summed E-state index contributed by atoms with van der Waals surface area (Å²) in [6.45, 7) is 0.00624. The molecule has 0 aliphatic rings. The molecule has 2 aromatic rings. The Morgan fingerprint density at radius 2 is 2.18 bits per heavy atom. The van der Waals surface area contributed by atoms with E-state index in [-0.39, 0.29) is 13.2 Å². The van der Waals surface area contributed by atoms with Crippen molar-refractivity contribution >= 4 is 5.69 Å². The van der Waals surface area contributed by atoms with Crippen LogP contribution in [0.15, 0.2) is 36.7 Å². The lowest BCUT2D eigenvalue weighted by Crippen LogP contribution is -2.19. The predicted octanol–water partition coefficient (Wildman–Crippen LogP) is 0.485. The molecule has 0 aliphatic carbocycles. The van der Waals surface area contributed by atoms with Crippen molar-refractivity contribution < 1.29 is 10.2 Å². The monoisotopic (exact) mass is 233 g/mol. The number of nitrogens with zero attached hydrogens (tertiary/aromatic N) is 2. The lowest BCUT2D eigenvalue weighted by atomic mass is 10.1. The number of aliphatic hydroxyl groups excluding tert-OH is 2. The van der Waals surface area contributed by atoms with Crippen molar-refractivity contribution in [1.82, 2.24) is 9.78 Å². The lowest BCUT2D eigenvalue weighted by Gasteiger charge is -2.06. The van der Waals surface area contributed by atoms with E-state index in [1.54, 1.807) is 10.9 Å². The summed E-state index contributed by atoms with van der Waals surface area (Å²) in [6, 6.07) is 7.51. The van der Waals surface area contributed by atoms with Crippen LogP contribution in [0.4, 0.5) is 5.69 Å². The van der Waals surface area contributed by atoms with E-state index in [0.29, 0.717) is 5.69 Å². The van der Waals surface area contributed by atoms with Gasteiger partial charge in [-0.25, -0.2) is 0 Å². The highest BCUT2D eigenvalue weighted by molar-refractivity contribution is 5.65. The molecule has 2 rings (SSSR count). The third-order valence-corrected chi connectivity index (χ3v) is 2.46. The quantitative estimate of drug-likeness (QED) is 0.671. The molecule has 1 heterocycles. The number of aromatic nitrogens is 2. The number of hydrogen-bond donors (Lipinski definition) is 3. The smallest absolute Gasteiger partial charge is 0.0966 e. The SMILES string of the molecule is Nc1cccc(-c2cnn(CC(O)CO)c2)c1. The van der Waals surface area contributed by atoms with Crippen LogP contribution >= 0.6 is 0 Å². The topological polar surface area (TPSA) is 84.3 Å². The fourth-order valence-corrected chi connectivity index (χ4v) is 1.60. The fraction of sp³-hybridized carbons (Fsp3) is 0.250. The number of nitrogens with two attached hydrogens (primary N) is 1. The van der Waals surface area contributed by atoms with Gasteiger partial charge in [0, 0.05) is 17.4 Å². The van der Waals surface area contributed by atoms with Crippen LogP contribution in [0.2, 0.25) is 0 Å². The highest BCUT2D eigenvalue weighted by atomic mass is 16.3. The summed E-state index contributed by atoms with van der Waals surface area (Å²) in [5.74, 6) is 0. The predicted molar refractivity (Wildman–Crippen MR) is 65.2 cm³/mol. The average molecular weight is 233 g/mol. The first-order valence-electron chi connectivity index (χ1n) is 5.36. The second-order valence-corrected chi connectivity index (χ2v) is 3.91. The molecular formula is C12H15N3O2. The van der Waals surface area contributed by atoms with Gasteiger partial charge < -0.3 is 15.9 Å². The van der Waals surface area contributed by atoms with E-state index in [9.17, 15) is 5.11 Å². The Hall–Kier alpha value is -1.85. The molecule has 5 heteroatoms. The van der Waals surface area contributed by atoms with E-state index in [2.05, 4.69) is 5.10 Å². The zero-order valence-corrected chi connectivity index (χ0v) is 9.32. The molecule has 0 aliphatic heterocycles. The third-order valence-electron chi connectivity index (χ3n) is 2.46. The number of rotatable bonds is 4. The second kappa shape index (κ2) is 4.99. The van der Waals surface area contributed by atoms with Gasteiger partial charge in [-0.05, 0) is 17.7 Å². The second-order valence-electron chi connectivity index (χ2n) is 3.91. The number of anilines is 1. The molecule has 0 radical (unpaired) electrons. The van der Waals surface area contributed by atoms with E-state index < -0.39 is 6.10 Å². The van der Waals surface area contributed by atoms with E-state index >= 15 is 0 Å². The molecule has 1 aromatic carbocycles. The van der Waals surface area contributed by atoms with Crippen LogP contribution in [0.1, 0.15) is 0 Å². The number of aliphatic hydroxyl groups is 2. The van der Waals surface area contributed by atoms with Gasteiger partial charge in [-0.3, -0.25) is 4.68 Å². The summed E-state index contributed by atoms with van der Waals surface area (Å²) in [5, 5.41) is 22.2. The first-order valence-corrected chi connectivity index (χ1v) is 5.36. The minimum Gasteiger partial charge on any atom is -0.399 e. The lowest BCUT2D eigenvalue weighted by molar-refractivity contribution is 0.0783. The van der Waals surface area contributed by atoms with Crippen LogP contribution < -0.4 is 5.73 Å². The Morgan fingerprint density at radius 3 is 2.88 bits per heavy atom. The van der Waals surface area contributed by atoms with Gasteiger partial charge in [-0.1, -0.05) is 12.1 Å². The largest absolute Gasteiger partial charge is 0.399 e. The molecule has 0 fully saturated rings. The highest BCUT2D eigenvalue weighted by Gasteiger charge is 2.06. The number of benzene rings is 1. The van der Waals surface area contributed by atoms with Crippen molar-refractivity contribution in [2.45, 2.75) is 12.6 Å². The summed E-state index contributed by atoms with van der Waals surface area (Å²) >= 11 is 0. The summed E-state index contributed by atoms with van der Waals surface area (Å²) in [7, 11) is 0. The first-order chi connectivity index (χ1) is 8.19. The van der Waals surface area contributed by atoms with Gasteiger partial charge in [-0.2, -0.15) is 5.10 Å². The average Bonchev–Trinajstić information content (AvgIpc) is 2.77. The maximum absolute atomic E-state index is 9.30. The molecule has 17 heavy (non-hydrogen) atoms. The molecule has 0 bridgehead atoms. The van der Waals surface area contributed by atoms with Crippen molar-refractivity contribution in [2.75, 3.05) is 12.3 Å². The van der Waals surface area contributed by atoms with Gasteiger partial charge in [-0.15, -0.1) is 0 Å². The molecule has 90 valence electrons. The van der Waals surface area contributed by atoms with Gasteiger partial charge in [0.1, 0.15) is 0 Å². The zero-order chi connectivity index (χ0) is 12.3. The van der Waals surface area contributed by atoms with Gasteiger partial charge in [0.15, 0.2) is 0 Å². The minimum absolute atomic E-state index is 0.270. The normalized spacial score (nSPS) is 12.6. The molecule has 0 saturated carbocycles. The van der Waals surface area contributed by atoms with Crippen molar-refractivity contribution in [2.24, 2.45) is 0 Å². The summed E-state index contributed by atoms with van der Waals surface area (Å²) < 4.78 is 1.60. The van der Waals surface area contributed by atoms with Crippen LogP contribution in [-0.4, -0.2) is 32.7 Å². The van der Waals surface area contributed by atoms with Crippen LogP contribution in [0, 0.1) is 0 Å². The first kappa shape index (κ1) is 11.6. The van der Waals surface area contributed by atoms with Crippen LogP contribution in [0.5, 0.6) is 0 Å². The Kier molecular flexibility index (Phi) is 3.41. The molecule has 1 aromatic heterocycles. The molecule has 0 amide bonds. The van der Waals surface area contributed by atoms with E-state index in [1.807, 2.05) is 30.5 Å². The van der Waals surface area contributed by atoms with Crippen molar-refractivity contribution in [3.05, 3.63) is 36.7 Å². The summed E-state index contributed by atoms with van der Waals surface area (Å²) in [4.78, 5) is 0. The van der Waals surface area contributed by atoms with Crippen molar-refractivity contribution in [3.8, 4) is 11.1 Å². The Labute approximate surface area is 99.1 Å². The molecule has 5 nitrogen and oxygen atoms in total. The van der Waals surface area contributed by atoms with Crippen LogP contribution in [-0.2, 0) is 6.54 Å². The maximum atomic E-state index is 9.30. The van der Waals surface area contributed by atoms with Gasteiger partial charge >= 0.3 is 0 Å². The van der Waals surface area contributed by atoms with Crippen molar-refractivity contribution in [1.29, 1.82) is 0 Å². The minimum atomic E-state index is -0.788. The Bertz CT molecular complexity index is 496. The summed E-state index contributed by atoms with van der Waals surface area (Å²) in [6.07, 6.45) is 2.73. The van der Waals surface area contributed by atoms with E-state index in [0.717, 1.165) is 11.1 Å². The van der Waals surface area contributed by atoms with Gasteiger partial charge in [0.25, 0.3) is 0 Å². The Morgan fingerprint density at radius 1 is 1.35 bits per heavy atom.